The zero-order chi connectivity index (χ0) is 5.70. The van der Waals surface area contributed by atoms with E-state index in [0.29, 0.717) is 0 Å². The molecule has 0 amide bonds. The van der Waals surface area contributed by atoms with Gasteiger partial charge in [-0.2, -0.15) is 0 Å². The van der Waals surface area contributed by atoms with Gasteiger partial charge in [0.15, 0.2) is 0 Å². The van der Waals surface area contributed by atoms with Crippen molar-refractivity contribution in [3.63, 3.8) is 0 Å². The van der Waals surface area contributed by atoms with E-state index in [9.17, 15) is 0 Å². The Kier molecular flexibility index (Phi) is 8.99. The van der Waals surface area contributed by atoms with Crippen molar-refractivity contribution in [1.29, 1.82) is 0 Å². The first kappa shape index (κ1) is 10.7. The molecule has 0 fully saturated rings. The van der Waals surface area contributed by atoms with Crippen LogP contribution < -0.4 is 0 Å². The molecule has 0 nitrogen and oxygen atoms in total. The quantitative estimate of drug-likeness (QED) is 0.483. The molecule has 0 N–H and O–H groups in total. The van der Waals surface area contributed by atoms with E-state index in [1.54, 1.807) is 0 Å². The highest BCUT2D eigenvalue weighted by atomic mass is 13.8. The molecule has 0 unspecified atom stereocenters. The first-order valence-electron chi connectivity index (χ1n) is 2.90. The maximum absolute atomic E-state index is 2.26. The van der Waals surface area contributed by atoms with E-state index in [-0.39, 0.29) is 7.43 Å². The summed E-state index contributed by atoms with van der Waals surface area (Å²) in [5.41, 5.74) is 1.43. The van der Waals surface area contributed by atoms with Crippen LogP contribution in [0.4, 0.5) is 0 Å². The minimum absolute atomic E-state index is 0. The molecule has 0 bridgehead atoms. The largest absolute Gasteiger partial charge is 0.0859 e. The number of hydrogen-bond acceptors (Lipinski definition) is 0. The second kappa shape index (κ2) is 6.74. The predicted molar refractivity (Wildman–Crippen MR) is 41.1 cm³/mol. The number of unbranched alkanes of at least 4 members (excludes halogenated alkanes) is 1. The molecule has 0 aliphatic carbocycles. The molecule has 0 saturated heterocycles. The van der Waals surface area contributed by atoms with Crippen LogP contribution in [0, 0.1) is 0 Å². The van der Waals surface area contributed by atoms with Gasteiger partial charge >= 0.3 is 0 Å². The van der Waals surface area contributed by atoms with Crippen molar-refractivity contribution >= 4 is 0 Å². The fourth-order valence-electron chi connectivity index (χ4n) is 0.433. The van der Waals surface area contributed by atoms with Crippen LogP contribution in [0.25, 0.3) is 0 Å². The van der Waals surface area contributed by atoms with Gasteiger partial charge in [0, 0.05) is 0 Å². The van der Waals surface area contributed by atoms with E-state index in [4.69, 9.17) is 0 Å². The SMILES string of the molecule is C.CCCC=C(C)C. The standard InChI is InChI=1S/C7H14.CH4/c1-4-5-6-7(2)3;/h6H,4-5H2,1-3H3;1H4. The van der Waals surface area contributed by atoms with Gasteiger partial charge in [0.1, 0.15) is 0 Å². The van der Waals surface area contributed by atoms with Crippen LogP contribution in [0.3, 0.4) is 0 Å². The van der Waals surface area contributed by atoms with Crippen LogP contribution in [-0.2, 0) is 0 Å². The third-order valence-corrected chi connectivity index (χ3v) is 0.841. The molecule has 0 radical (unpaired) electrons. The van der Waals surface area contributed by atoms with Gasteiger partial charge in [0.25, 0.3) is 0 Å². The molecule has 0 spiro atoms. The number of rotatable bonds is 2. The maximum atomic E-state index is 2.26. The van der Waals surface area contributed by atoms with E-state index >= 15 is 0 Å². The third-order valence-electron chi connectivity index (χ3n) is 0.841. The summed E-state index contributed by atoms with van der Waals surface area (Å²) in [5.74, 6) is 0. The minimum atomic E-state index is 0. The molecule has 0 aliphatic rings. The average Bonchev–Trinajstić information content (AvgIpc) is 1.61. The van der Waals surface area contributed by atoms with E-state index in [0.717, 1.165) is 0 Å². The molecule has 0 rings (SSSR count). The summed E-state index contributed by atoms with van der Waals surface area (Å²) in [4.78, 5) is 0. The molecule has 50 valence electrons. The molecule has 0 aromatic heterocycles. The van der Waals surface area contributed by atoms with Crippen molar-refractivity contribution in [3.05, 3.63) is 11.6 Å². The van der Waals surface area contributed by atoms with E-state index in [1.807, 2.05) is 0 Å². The van der Waals surface area contributed by atoms with Crippen molar-refractivity contribution in [1.82, 2.24) is 0 Å². The van der Waals surface area contributed by atoms with Crippen LogP contribution in [0.5, 0.6) is 0 Å². The Morgan fingerprint density at radius 3 is 2.00 bits per heavy atom. The van der Waals surface area contributed by atoms with Gasteiger partial charge in [0.05, 0.1) is 0 Å². The first-order valence-corrected chi connectivity index (χ1v) is 2.90. The van der Waals surface area contributed by atoms with Crippen LogP contribution in [-0.4, -0.2) is 0 Å². The van der Waals surface area contributed by atoms with Crippen molar-refractivity contribution in [3.8, 4) is 0 Å². The number of hydrogen-bond donors (Lipinski definition) is 0. The van der Waals surface area contributed by atoms with Crippen LogP contribution in [0.2, 0.25) is 0 Å². The van der Waals surface area contributed by atoms with Gasteiger partial charge in [-0.05, 0) is 20.3 Å². The summed E-state index contributed by atoms with van der Waals surface area (Å²) < 4.78 is 0. The van der Waals surface area contributed by atoms with Gasteiger partial charge in [-0.1, -0.05) is 32.4 Å². The molecular formula is C8H18. The second-order valence-corrected chi connectivity index (χ2v) is 2.07. The van der Waals surface area contributed by atoms with E-state index < -0.39 is 0 Å². The Balaban J connectivity index is 0. The van der Waals surface area contributed by atoms with Crippen molar-refractivity contribution in [2.75, 3.05) is 0 Å². The van der Waals surface area contributed by atoms with Crippen molar-refractivity contribution in [2.24, 2.45) is 0 Å². The summed E-state index contributed by atoms with van der Waals surface area (Å²) in [7, 11) is 0. The summed E-state index contributed by atoms with van der Waals surface area (Å²) >= 11 is 0. The monoisotopic (exact) mass is 114 g/mol. The summed E-state index contributed by atoms with van der Waals surface area (Å²) in [6, 6.07) is 0. The smallest absolute Gasteiger partial charge is 0.0351 e. The second-order valence-electron chi connectivity index (χ2n) is 2.07. The van der Waals surface area contributed by atoms with E-state index in [2.05, 4.69) is 26.8 Å². The number of allylic oxidation sites excluding steroid dienone is 2. The molecule has 0 atom stereocenters. The third kappa shape index (κ3) is 9.22. The van der Waals surface area contributed by atoms with Crippen LogP contribution in [0.15, 0.2) is 11.6 Å². The molecule has 0 aromatic carbocycles. The zero-order valence-corrected chi connectivity index (χ0v) is 5.49. The Bertz CT molecular complexity index is 56.4. The zero-order valence-electron chi connectivity index (χ0n) is 5.49. The topological polar surface area (TPSA) is 0 Å². The Morgan fingerprint density at radius 1 is 1.38 bits per heavy atom. The first-order chi connectivity index (χ1) is 3.27. The molecular weight excluding hydrogens is 96.1 g/mol. The molecule has 8 heavy (non-hydrogen) atoms. The highest BCUT2D eigenvalue weighted by Crippen LogP contribution is 1.94. The molecule has 0 aliphatic heterocycles. The lowest BCUT2D eigenvalue weighted by molar-refractivity contribution is 0.948. The van der Waals surface area contributed by atoms with Gasteiger partial charge < -0.3 is 0 Å². The average molecular weight is 114 g/mol. The summed E-state index contributed by atoms with van der Waals surface area (Å²) in [6.07, 6.45) is 4.77. The highest BCUT2D eigenvalue weighted by molar-refractivity contribution is 4.92. The lowest BCUT2D eigenvalue weighted by atomic mass is 10.2. The van der Waals surface area contributed by atoms with Gasteiger partial charge in [-0.15, -0.1) is 0 Å². The van der Waals surface area contributed by atoms with Gasteiger partial charge in [0.2, 0.25) is 0 Å². The normalized spacial score (nSPS) is 7.38. The highest BCUT2D eigenvalue weighted by Gasteiger charge is 1.73. The minimum Gasteiger partial charge on any atom is -0.0859 e. The van der Waals surface area contributed by atoms with E-state index in [1.165, 1.54) is 18.4 Å². The Hall–Kier alpha value is -0.260. The lowest BCUT2D eigenvalue weighted by Gasteiger charge is -1.85. The fraction of sp³-hybridized carbons (Fsp3) is 0.750. The fourth-order valence-corrected chi connectivity index (χ4v) is 0.433. The lowest BCUT2D eigenvalue weighted by Crippen LogP contribution is -1.64. The Labute approximate surface area is 53.6 Å². The molecule has 0 heteroatoms. The van der Waals surface area contributed by atoms with Gasteiger partial charge in [-0.3, -0.25) is 0 Å². The molecule has 0 saturated carbocycles. The maximum Gasteiger partial charge on any atom is -0.0351 e. The predicted octanol–water partition coefficient (Wildman–Crippen LogP) is 3.39. The van der Waals surface area contributed by atoms with Crippen molar-refractivity contribution < 1.29 is 0 Å². The molecule has 0 aromatic rings. The summed E-state index contributed by atoms with van der Waals surface area (Å²) in [6.45, 7) is 6.46. The summed E-state index contributed by atoms with van der Waals surface area (Å²) in [5, 5.41) is 0. The Morgan fingerprint density at radius 2 is 1.88 bits per heavy atom. The molecule has 0 heterocycles. The van der Waals surface area contributed by atoms with Crippen LogP contribution >= 0.6 is 0 Å². The van der Waals surface area contributed by atoms with Crippen molar-refractivity contribution in [2.45, 2.75) is 41.0 Å². The van der Waals surface area contributed by atoms with Gasteiger partial charge in [-0.25, -0.2) is 0 Å². The van der Waals surface area contributed by atoms with Crippen LogP contribution in [0.1, 0.15) is 41.0 Å².